The third-order valence-electron chi connectivity index (χ3n) is 1.83. The quantitative estimate of drug-likeness (QED) is 0.613. The van der Waals surface area contributed by atoms with Gasteiger partial charge in [-0.3, -0.25) is 4.79 Å². The Labute approximate surface area is 104 Å². The second-order valence-corrected chi connectivity index (χ2v) is 3.62. The van der Waals surface area contributed by atoms with Gasteiger partial charge in [-0.1, -0.05) is 6.07 Å². The molecule has 0 bridgehead atoms. The fourth-order valence-corrected chi connectivity index (χ4v) is 1.43. The van der Waals surface area contributed by atoms with Crippen molar-refractivity contribution in [2.24, 2.45) is 0 Å². The molecule has 1 aromatic rings. The average molecular weight is 252 g/mol. The average Bonchev–Trinajstić information content (AvgIpc) is 2.27. The summed E-state index contributed by atoms with van der Waals surface area (Å²) in [5, 5.41) is 5.38. The van der Waals surface area contributed by atoms with Crippen LogP contribution in [0.2, 0.25) is 0 Å². The van der Waals surface area contributed by atoms with Crippen molar-refractivity contribution in [3.8, 4) is 0 Å². The van der Waals surface area contributed by atoms with E-state index in [1.807, 2.05) is 0 Å². The number of nitrogens with one attached hydrogen (secondary N) is 2. The number of ether oxygens (including phenoxy) is 1. The molecule has 0 spiro atoms. The van der Waals surface area contributed by atoms with Gasteiger partial charge in [0.25, 0.3) is 0 Å². The summed E-state index contributed by atoms with van der Waals surface area (Å²) < 4.78 is 4.59. The Hall–Kier alpha value is -1.95. The highest BCUT2D eigenvalue weighted by molar-refractivity contribution is 7.80. The van der Waals surface area contributed by atoms with Gasteiger partial charge in [0.05, 0.1) is 12.7 Å². The summed E-state index contributed by atoms with van der Waals surface area (Å²) in [6.45, 7) is 1.36. The van der Waals surface area contributed by atoms with Crippen molar-refractivity contribution in [2.75, 3.05) is 12.4 Å². The van der Waals surface area contributed by atoms with E-state index in [0.29, 0.717) is 11.3 Å². The summed E-state index contributed by atoms with van der Waals surface area (Å²) in [5.41, 5.74) is 1.01. The molecular weight excluding hydrogens is 240 g/mol. The lowest BCUT2D eigenvalue weighted by Crippen LogP contribution is -2.32. The highest BCUT2D eigenvalue weighted by atomic mass is 32.1. The lowest BCUT2D eigenvalue weighted by Gasteiger charge is -2.08. The zero-order valence-electron chi connectivity index (χ0n) is 9.44. The van der Waals surface area contributed by atoms with Crippen molar-refractivity contribution in [2.45, 2.75) is 6.92 Å². The Morgan fingerprint density at radius 3 is 2.65 bits per heavy atom. The van der Waals surface area contributed by atoms with Crippen molar-refractivity contribution in [1.82, 2.24) is 5.32 Å². The van der Waals surface area contributed by atoms with Crippen molar-refractivity contribution in [3.63, 3.8) is 0 Å². The molecule has 0 aliphatic rings. The first-order valence-corrected chi connectivity index (χ1v) is 5.20. The number of methoxy groups -OCH3 is 1. The SMILES string of the molecule is COC(=O)c1cccc(NC(=S)NC(C)=O)c1. The smallest absolute Gasteiger partial charge is 0.337 e. The number of carbonyl (C=O) groups is 2. The maximum atomic E-state index is 11.3. The first-order valence-electron chi connectivity index (χ1n) is 4.80. The van der Waals surface area contributed by atoms with Gasteiger partial charge in [-0.05, 0) is 30.4 Å². The lowest BCUT2D eigenvalue weighted by atomic mass is 10.2. The minimum atomic E-state index is -0.431. The molecule has 0 fully saturated rings. The third-order valence-corrected chi connectivity index (χ3v) is 2.04. The van der Waals surface area contributed by atoms with Crippen LogP contribution in [0.1, 0.15) is 17.3 Å². The largest absolute Gasteiger partial charge is 0.465 e. The van der Waals surface area contributed by atoms with Crippen LogP contribution in [0.3, 0.4) is 0 Å². The fourth-order valence-electron chi connectivity index (χ4n) is 1.16. The Balaban J connectivity index is 2.75. The molecule has 2 N–H and O–H groups in total. The van der Waals surface area contributed by atoms with E-state index < -0.39 is 5.97 Å². The number of hydrogen-bond acceptors (Lipinski definition) is 4. The van der Waals surface area contributed by atoms with Crippen molar-refractivity contribution < 1.29 is 14.3 Å². The second kappa shape index (κ2) is 5.95. The van der Waals surface area contributed by atoms with Crippen LogP contribution in [0.15, 0.2) is 24.3 Å². The number of anilines is 1. The maximum Gasteiger partial charge on any atom is 0.337 e. The number of benzene rings is 1. The van der Waals surface area contributed by atoms with Gasteiger partial charge in [0.15, 0.2) is 5.11 Å². The molecule has 1 amide bonds. The van der Waals surface area contributed by atoms with E-state index in [1.165, 1.54) is 14.0 Å². The van der Waals surface area contributed by atoms with Crippen LogP contribution < -0.4 is 10.6 Å². The van der Waals surface area contributed by atoms with Gasteiger partial charge >= 0.3 is 5.97 Å². The summed E-state index contributed by atoms with van der Waals surface area (Å²) >= 11 is 4.89. The van der Waals surface area contributed by atoms with Crippen LogP contribution in [-0.2, 0) is 9.53 Å². The molecule has 0 aromatic heterocycles. The number of amides is 1. The van der Waals surface area contributed by atoms with Crippen molar-refractivity contribution >= 4 is 34.9 Å². The molecule has 0 aliphatic carbocycles. The van der Waals surface area contributed by atoms with Crippen LogP contribution in [0.4, 0.5) is 5.69 Å². The van der Waals surface area contributed by atoms with Crippen molar-refractivity contribution in [3.05, 3.63) is 29.8 Å². The van der Waals surface area contributed by atoms with Gasteiger partial charge in [0.2, 0.25) is 5.91 Å². The van der Waals surface area contributed by atoms with Gasteiger partial charge in [-0.2, -0.15) is 0 Å². The highest BCUT2D eigenvalue weighted by Gasteiger charge is 2.06. The summed E-state index contributed by atoms with van der Waals surface area (Å²) in [6.07, 6.45) is 0. The molecule has 0 saturated carbocycles. The molecule has 0 radical (unpaired) electrons. The topological polar surface area (TPSA) is 67.4 Å². The number of hydrogen-bond donors (Lipinski definition) is 2. The Morgan fingerprint density at radius 2 is 2.06 bits per heavy atom. The summed E-state index contributed by atoms with van der Waals surface area (Å²) in [7, 11) is 1.31. The molecule has 0 unspecified atom stereocenters. The molecule has 90 valence electrons. The predicted octanol–water partition coefficient (Wildman–Crippen LogP) is 1.31. The van der Waals surface area contributed by atoms with Crippen LogP contribution in [0.25, 0.3) is 0 Å². The summed E-state index contributed by atoms with van der Waals surface area (Å²) in [4.78, 5) is 22.0. The van der Waals surface area contributed by atoms with E-state index in [1.54, 1.807) is 24.3 Å². The van der Waals surface area contributed by atoms with Crippen LogP contribution >= 0.6 is 12.2 Å². The van der Waals surface area contributed by atoms with Gasteiger partial charge in [-0.25, -0.2) is 4.79 Å². The number of rotatable bonds is 2. The Morgan fingerprint density at radius 1 is 1.35 bits per heavy atom. The molecule has 0 atom stereocenters. The molecule has 1 rings (SSSR count). The fraction of sp³-hybridized carbons (Fsp3) is 0.182. The summed E-state index contributed by atoms with van der Waals surface area (Å²) in [6, 6.07) is 6.62. The predicted molar refractivity (Wildman–Crippen MR) is 67.8 cm³/mol. The normalized spacial score (nSPS) is 9.29. The third kappa shape index (κ3) is 4.20. The second-order valence-electron chi connectivity index (χ2n) is 3.21. The number of esters is 1. The summed E-state index contributed by atoms with van der Waals surface area (Å²) in [5.74, 6) is -0.689. The highest BCUT2D eigenvalue weighted by Crippen LogP contribution is 2.11. The standard InChI is InChI=1S/C11H12N2O3S/c1-7(14)12-11(17)13-9-5-3-4-8(6-9)10(15)16-2/h3-6H,1-2H3,(H2,12,13,14,17). The first kappa shape index (κ1) is 13.1. The molecule has 6 heteroatoms. The van der Waals surface area contributed by atoms with E-state index in [-0.39, 0.29) is 11.0 Å². The minimum absolute atomic E-state index is 0.180. The first-order chi connectivity index (χ1) is 8.02. The van der Waals surface area contributed by atoms with Gasteiger partial charge in [-0.15, -0.1) is 0 Å². The maximum absolute atomic E-state index is 11.3. The van der Waals surface area contributed by atoms with Crippen LogP contribution in [-0.4, -0.2) is 24.1 Å². The molecule has 5 nitrogen and oxygen atoms in total. The molecule has 1 aromatic carbocycles. The molecule has 17 heavy (non-hydrogen) atoms. The van der Waals surface area contributed by atoms with Crippen LogP contribution in [0, 0.1) is 0 Å². The van der Waals surface area contributed by atoms with Gasteiger partial charge in [0, 0.05) is 12.6 Å². The Bertz CT molecular complexity index is 460. The zero-order valence-corrected chi connectivity index (χ0v) is 10.3. The number of carbonyl (C=O) groups excluding carboxylic acids is 2. The lowest BCUT2D eigenvalue weighted by molar-refractivity contribution is -0.117. The van der Waals surface area contributed by atoms with Crippen molar-refractivity contribution in [1.29, 1.82) is 0 Å². The van der Waals surface area contributed by atoms with E-state index in [2.05, 4.69) is 15.4 Å². The zero-order chi connectivity index (χ0) is 12.8. The Kier molecular flexibility index (Phi) is 4.59. The number of thiocarbonyl (C=S) groups is 1. The van der Waals surface area contributed by atoms with Crippen LogP contribution in [0.5, 0.6) is 0 Å². The minimum Gasteiger partial charge on any atom is -0.465 e. The van der Waals surface area contributed by atoms with E-state index in [0.717, 1.165) is 0 Å². The van der Waals surface area contributed by atoms with E-state index >= 15 is 0 Å². The molecular formula is C11H12N2O3S. The van der Waals surface area contributed by atoms with Gasteiger partial charge < -0.3 is 15.4 Å². The molecule has 0 aliphatic heterocycles. The van der Waals surface area contributed by atoms with E-state index in [4.69, 9.17) is 12.2 Å². The monoisotopic (exact) mass is 252 g/mol. The molecule has 0 heterocycles. The molecule has 0 saturated heterocycles. The van der Waals surface area contributed by atoms with Gasteiger partial charge in [0.1, 0.15) is 0 Å². The van der Waals surface area contributed by atoms with E-state index in [9.17, 15) is 9.59 Å².